The van der Waals surface area contributed by atoms with E-state index < -0.39 is 5.60 Å². The van der Waals surface area contributed by atoms with Crippen LogP contribution in [-0.2, 0) is 11.3 Å². The average molecular weight is 504 g/mol. The number of nitrogens with one attached hydrogen (secondary N) is 1. The van der Waals surface area contributed by atoms with Crippen LogP contribution in [0.5, 0.6) is 11.6 Å². The van der Waals surface area contributed by atoms with Crippen molar-refractivity contribution in [3.05, 3.63) is 58.8 Å². The molecule has 9 nitrogen and oxygen atoms in total. The molecule has 2 atom stereocenters. The number of amides is 2. The van der Waals surface area contributed by atoms with Crippen LogP contribution in [0.25, 0.3) is 6.08 Å². The first-order valence-corrected chi connectivity index (χ1v) is 12.8. The second-order valence-corrected chi connectivity index (χ2v) is 10.3. The second-order valence-electron chi connectivity index (χ2n) is 10.3. The van der Waals surface area contributed by atoms with Gasteiger partial charge in [-0.05, 0) is 63.4 Å². The van der Waals surface area contributed by atoms with Gasteiger partial charge in [0.05, 0.1) is 25.2 Å². The van der Waals surface area contributed by atoms with Gasteiger partial charge in [0, 0.05) is 35.7 Å². The van der Waals surface area contributed by atoms with Crippen molar-refractivity contribution in [2.24, 2.45) is 10.7 Å². The van der Waals surface area contributed by atoms with Crippen molar-refractivity contribution in [1.82, 2.24) is 15.2 Å². The van der Waals surface area contributed by atoms with Gasteiger partial charge in [0.2, 0.25) is 11.8 Å². The molecule has 9 heteroatoms. The molecule has 4 aliphatic rings. The smallest absolute Gasteiger partial charge is 0.251 e. The largest absolute Gasteiger partial charge is 0.494 e. The van der Waals surface area contributed by atoms with Crippen molar-refractivity contribution in [1.29, 1.82) is 0 Å². The molecule has 1 aromatic carbocycles. The number of carbonyl (C=O) groups excluding carboxylic acids is 2. The molecule has 0 aliphatic carbocycles. The van der Waals surface area contributed by atoms with Crippen LogP contribution in [0.15, 0.2) is 41.5 Å². The minimum absolute atomic E-state index is 0.0891. The molecule has 4 aliphatic heterocycles. The summed E-state index contributed by atoms with van der Waals surface area (Å²) in [4.78, 5) is 37.1. The van der Waals surface area contributed by atoms with Gasteiger partial charge in [-0.15, -0.1) is 0 Å². The van der Waals surface area contributed by atoms with Crippen molar-refractivity contribution in [3.63, 3.8) is 0 Å². The van der Waals surface area contributed by atoms with E-state index in [4.69, 9.17) is 15.2 Å². The molecular weight excluding hydrogens is 470 g/mol. The number of fused-ring (bicyclic) bond motifs is 4. The zero-order valence-corrected chi connectivity index (χ0v) is 21.5. The Balaban J connectivity index is 1.57. The number of ether oxygens (including phenoxy) is 2. The minimum Gasteiger partial charge on any atom is -0.494 e. The number of carbonyl (C=O) groups is 2. The number of allylic oxidation sites excluding steroid dienone is 1. The number of nitrogens with zero attached hydrogens (tertiary/aromatic N) is 3. The van der Waals surface area contributed by atoms with E-state index >= 15 is 0 Å². The van der Waals surface area contributed by atoms with E-state index in [1.807, 2.05) is 32.9 Å². The van der Waals surface area contributed by atoms with Crippen molar-refractivity contribution in [2.45, 2.75) is 70.7 Å². The second kappa shape index (κ2) is 9.88. The van der Waals surface area contributed by atoms with Crippen LogP contribution < -0.4 is 20.5 Å². The van der Waals surface area contributed by atoms with E-state index in [0.29, 0.717) is 42.2 Å². The maximum atomic E-state index is 13.5. The Kier molecular flexibility index (Phi) is 6.62. The molecule has 6 rings (SSSR count). The summed E-state index contributed by atoms with van der Waals surface area (Å²) in [5.74, 6) is 1.01. The molecule has 0 saturated heterocycles. The van der Waals surface area contributed by atoms with Gasteiger partial charge in [-0.1, -0.05) is 12.2 Å². The summed E-state index contributed by atoms with van der Waals surface area (Å²) in [5, 5.41) is 3.19. The van der Waals surface area contributed by atoms with E-state index in [1.54, 1.807) is 24.4 Å². The zero-order valence-electron chi connectivity index (χ0n) is 21.5. The molecule has 0 radical (unpaired) electrons. The summed E-state index contributed by atoms with van der Waals surface area (Å²) in [5.41, 5.74) is 8.68. The Bertz CT molecular complexity index is 1290. The summed E-state index contributed by atoms with van der Waals surface area (Å²) in [7, 11) is 0. The van der Waals surface area contributed by atoms with Crippen molar-refractivity contribution in [2.75, 3.05) is 6.61 Å². The number of hydrogen-bond acceptors (Lipinski definition) is 7. The molecule has 6 bridgehead atoms. The first kappa shape index (κ1) is 24.8. The lowest BCUT2D eigenvalue weighted by molar-refractivity contribution is -0.128. The Morgan fingerprint density at radius 2 is 2.11 bits per heavy atom. The molecule has 0 spiro atoms. The quantitative estimate of drug-likeness (QED) is 0.645. The van der Waals surface area contributed by atoms with Crippen LogP contribution in [-0.4, -0.2) is 45.9 Å². The highest BCUT2D eigenvalue weighted by molar-refractivity contribution is 5.99. The van der Waals surface area contributed by atoms with Crippen LogP contribution in [0.3, 0.4) is 0 Å². The van der Waals surface area contributed by atoms with Gasteiger partial charge in [0.15, 0.2) is 5.96 Å². The Labute approximate surface area is 216 Å². The molecule has 2 unspecified atom stereocenters. The maximum Gasteiger partial charge on any atom is 0.251 e. The molecular formula is C28H33N5O4. The lowest BCUT2D eigenvalue weighted by Crippen LogP contribution is -2.46. The third-order valence-corrected chi connectivity index (χ3v) is 6.88. The van der Waals surface area contributed by atoms with Gasteiger partial charge in [0.25, 0.3) is 5.91 Å². The summed E-state index contributed by atoms with van der Waals surface area (Å²) in [6, 6.07) is 6.84. The highest BCUT2D eigenvalue weighted by Crippen LogP contribution is 2.39. The first-order chi connectivity index (χ1) is 17.7. The topological polar surface area (TPSA) is 119 Å². The van der Waals surface area contributed by atoms with E-state index in [0.717, 1.165) is 17.5 Å². The standard InChI is InChI=1S/C28H33N5O4/c1-4-36-23-10-9-18-12-19(23)16-33-24(34)13-20(31-27(33)29)8-6-5-7-17-11-21-22(32-25(18)35)14-28(2,3)37-26(21)30-15-17/h5,7,9-12,15,20,22H,4,6,8,13-14,16H2,1-3H3,(H2,29,31)(H,32,35)/b7-5-. The normalized spacial score (nSPS) is 23.8. The number of guanidine groups is 1. The number of aliphatic imine (C=N–C) groups is 1. The third-order valence-electron chi connectivity index (χ3n) is 6.88. The number of hydrogen-bond donors (Lipinski definition) is 2. The number of nitrogens with two attached hydrogens (primary N) is 1. The molecule has 194 valence electrons. The molecule has 37 heavy (non-hydrogen) atoms. The highest BCUT2D eigenvalue weighted by atomic mass is 16.5. The van der Waals surface area contributed by atoms with Crippen molar-refractivity contribution in [3.8, 4) is 11.6 Å². The fourth-order valence-corrected chi connectivity index (χ4v) is 5.08. The lowest BCUT2D eigenvalue weighted by atomic mass is 9.90. The van der Waals surface area contributed by atoms with Crippen LogP contribution in [0.4, 0.5) is 0 Å². The molecule has 0 saturated carbocycles. The molecule has 2 amide bonds. The van der Waals surface area contributed by atoms with E-state index in [9.17, 15) is 9.59 Å². The van der Waals surface area contributed by atoms with Crippen LogP contribution in [0.1, 0.15) is 79.5 Å². The summed E-state index contributed by atoms with van der Waals surface area (Å²) in [6.45, 7) is 6.50. The van der Waals surface area contributed by atoms with Gasteiger partial charge in [0.1, 0.15) is 11.4 Å². The van der Waals surface area contributed by atoms with Gasteiger partial charge in [-0.2, -0.15) is 0 Å². The highest BCUT2D eigenvalue weighted by Gasteiger charge is 2.36. The Morgan fingerprint density at radius 1 is 1.27 bits per heavy atom. The monoisotopic (exact) mass is 503 g/mol. The molecule has 1 aromatic heterocycles. The number of aromatic nitrogens is 1. The molecule has 0 fully saturated rings. The molecule has 2 aromatic rings. The van der Waals surface area contributed by atoms with Crippen LogP contribution in [0.2, 0.25) is 0 Å². The van der Waals surface area contributed by atoms with Gasteiger partial charge >= 0.3 is 0 Å². The third kappa shape index (κ3) is 5.30. The first-order valence-electron chi connectivity index (χ1n) is 12.8. The average Bonchev–Trinajstić information content (AvgIpc) is 2.84. The van der Waals surface area contributed by atoms with E-state index in [1.165, 1.54) is 4.90 Å². The fourth-order valence-electron chi connectivity index (χ4n) is 5.08. The van der Waals surface area contributed by atoms with Crippen molar-refractivity contribution < 1.29 is 19.1 Å². The maximum absolute atomic E-state index is 13.5. The lowest BCUT2D eigenvalue weighted by Gasteiger charge is -2.37. The minimum atomic E-state index is -0.486. The predicted molar refractivity (Wildman–Crippen MR) is 140 cm³/mol. The molecule has 3 N–H and O–H groups in total. The SMILES string of the molecule is CCOc1ccc2cc1CN1C(=O)CC(CC/C=C\c3cnc4c(c3)C(CC(C)(C)O4)NC2=O)N=C1N. The van der Waals surface area contributed by atoms with Crippen LogP contribution in [0, 0.1) is 0 Å². The van der Waals surface area contributed by atoms with E-state index in [2.05, 4.69) is 21.4 Å². The summed E-state index contributed by atoms with van der Waals surface area (Å²) < 4.78 is 11.9. The summed E-state index contributed by atoms with van der Waals surface area (Å²) >= 11 is 0. The fraction of sp³-hybridized carbons (Fsp3) is 0.429. The predicted octanol–water partition coefficient (Wildman–Crippen LogP) is 3.74. The Hall–Kier alpha value is -3.88. The molecule has 5 heterocycles. The van der Waals surface area contributed by atoms with Gasteiger partial charge in [-0.3, -0.25) is 14.5 Å². The summed E-state index contributed by atoms with van der Waals surface area (Å²) in [6.07, 6.45) is 8.16. The van der Waals surface area contributed by atoms with Gasteiger partial charge < -0.3 is 20.5 Å². The number of rotatable bonds is 2. The zero-order chi connectivity index (χ0) is 26.2. The number of benzene rings is 1. The van der Waals surface area contributed by atoms with Crippen LogP contribution >= 0.6 is 0 Å². The van der Waals surface area contributed by atoms with E-state index in [-0.39, 0.29) is 42.8 Å². The number of pyridine rings is 1. The van der Waals surface area contributed by atoms with Crippen molar-refractivity contribution >= 4 is 23.8 Å². The Morgan fingerprint density at radius 3 is 2.89 bits per heavy atom. The van der Waals surface area contributed by atoms with Gasteiger partial charge in [-0.25, -0.2) is 9.98 Å².